The number of rotatable bonds is 3. The van der Waals surface area contributed by atoms with Gasteiger partial charge >= 0.3 is 0 Å². The molecule has 2 heterocycles. The molecule has 2 saturated heterocycles. The zero-order valence-electron chi connectivity index (χ0n) is 13.9. The van der Waals surface area contributed by atoms with Crippen LogP contribution in [0.2, 0.25) is 0 Å². The molecule has 0 bridgehead atoms. The summed E-state index contributed by atoms with van der Waals surface area (Å²) in [5, 5.41) is 0. The van der Waals surface area contributed by atoms with E-state index in [-0.39, 0.29) is 16.8 Å². The van der Waals surface area contributed by atoms with Crippen molar-refractivity contribution in [2.75, 3.05) is 26.2 Å². The average molecular weight is 351 g/mol. The Morgan fingerprint density at radius 1 is 0.958 bits per heavy atom. The van der Waals surface area contributed by atoms with Gasteiger partial charge in [-0.3, -0.25) is 4.79 Å². The van der Waals surface area contributed by atoms with Crippen molar-refractivity contribution in [2.45, 2.75) is 43.0 Å². The summed E-state index contributed by atoms with van der Waals surface area (Å²) in [4.78, 5) is 14.5. The fourth-order valence-electron chi connectivity index (χ4n) is 3.31. The van der Waals surface area contributed by atoms with Gasteiger partial charge in [0.15, 0.2) is 0 Å². The summed E-state index contributed by atoms with van der Waals surface area (Å²) >= 11 is 0. The minimum atomic E-state index is -3.50. The monoisotopic (exact) mass is 351 g/mol. The fourth-order valence-corrected chi connectivity index (χ4v) is 4.78. The van der Waals surface area contributed by atoms with E-state index in [0.29, 0.717) is 31.5 Å². The summed E-state index contributed by atoms with van der Waals surface area (Å²) in [7, 11) is -3.50. The second kappa shape index (κ2) is 7.21. The number of hydrogen-bond donors (Lipinski definition) is 1. The van der Waals surface area contributed by atoms with Crippen molar-refractivity contribution < 1.29 is 13.2 Å². The topological polar surface area (TPSA) is 83.7 Å². The lowest BCUT2D eigenvalue weighted by atomic mass is 10.1. The van der Waals surface area contributed by atoms with Gasteiger partial charge in [-0.05, 0) is 56.4 Å². The molecule has 0 saturated carbocycles. The summed E-state index contributed by atoms with van der Waals surface area (Å²) < 4.78 is 26.8. The zero-order chi connectivity index (χ0) is 17.2. The predicted octanol–water partition coefficient (Wildman–Crippen LogP) is 1.42. The molecule has 2 aliphatic rings. The average Bonchev–Trinajstić information content (AvgIpc) is 2.62. The van der Waals surface area contributed by atoms with Gasteiger partial charge in [0.1, 0.15) is 0 Å². The van der Waals surface area contributed by atoms with Crippen molar-refractivity contribution in [1.82, 2.24) is 9.21 Å². The van der Waals surface area contributed by atoms with E-state index in [2.05, 4.69) is 0 Å². The first-order valence-electron chi connectivity index (χ1n) is 8.63. The smallest absolute Gasteiger partial charge is 0.253 e. The molecule has 132 valence electrons. The molecule has 6 nitrogen and oxygen atoms in total. The molecule has 0 radical (unpaired) electrons. The van der Waals surface area contributed by atoms with Crippen molar-refractivity contribution in [3.05, 3.63) is 29.8 Å². The van der Waals surface area contributed by atoms with Crippen molar-refractivity contribution in [1.29, 1.82) is 0 Å². The first kappa shape index (κ1) is 17.4. The number of hydrogen-bond acceptors (Lipinski definition) is 4. The zero-order valence-corrected chi connectivity index (χ0v) is 14.7. The Bertz CT molecular complexity index is 674. The number of nitrogens with two attached hydrogens (primary N) is 1. The van der Waals surface area contributed by atoms with Gasteiger partial charge in [0.05, 0.1) is 4.90 Å². The Morgan fingerprint density at radius 3 is 2.12 bits per heavy atom. The summed E-state index contributed by atoms with van der Waals surface area (Å²) in [6, 6.07) is 6.42. The van der Waals surface area contributed by atoms with E-state index in [1.54, 1.807) is 24.3 Å². The van der Waals surface area contributed by atoms with Gasteiger partial charge in [-0.15, -0.1) is 0 Å². The molecule has 0 spiro atoms. The molecule has 0 aromatic heterocycles. The van der Waals surface area contributed by atoms with Gasteiger partial charge in [-0.2, -0.15) is 4.31 Å². The van der Waals surface area contributed by atoms with Crippen LogP contribution < -0.4 is 5.73 Å². The Labute approximate surface area is 143 Å². The van der Waals surface area contributed by atoms with Gasteiger partial charge in [0, 0.05) is 37.8 Å². The van der Waals surface area contributed by atoms with Crippen LogP contribution in [0.15, 0.2) is 29.2 Å². The van der Waals surface area contributed by atoms with Gasteiger partial charge in [0.2, 0.25) is 10.0 Å². The molecule has 2 aliphatic heterocycles. The highest BCUT2D eigenvalue weighted by atomic mass is 32.2. The normalized spacial score (nSPS) is 21.0. The number of sulfonamides is 1. The van der Waals surface area contributed by atoms with E-state index >= 15 is 0 Å². The maximum atomic E-state index is 12.7. The molecule has 0 aliphatic carbocycles. The van der Waals surface area contributed by atoms with Crippen LogP contribution in [0.1, 0.15) is 42.5 Å². The number of carbonyl (C=O) groups is 1. The molecule has 1 amide bonds. The van der Waals surface area contributed by atoms with E-state index in [1.165, 1.54) is 10.7 Å². The van der Waals surface area contributed by atoms with E-state index in [1.807, 2.05) is 4.90 Å². The highest BCUT2D eigenvalue weighted by Gasteiger charge is 2.28. The Hall–Kier alpha value is -1.44. The SMILES string of the molecule is NC1CCN(S(=O)(=O)c2ccc(C(=O)N3CCCCC3)cc2)CC1. The van der Waals surface area contributed by atoms with E-state index < -0.39 is 10.0 Å². The second-order valence-corrected chi connectivity index (χ2v) is 8.56. The van der Waals surface area contributed by atoms with Crippen LogP contribution in [0.3, 0.4) is 0 Å². The van der Waals surface area contributed by atoms with Crippen molar-refractivity contribution in [3.8, 4) is 0 Å². The lowest BCUT2D eigenvalue weighted by Gasteiger charge is -2.29. The minimum Gasteiger partial charge on any atom is -0.339 e. The van der Waals surface area contributed by atoms with Gasteiger partial charge in [-0.25, -0.2) is 8.42 Å². The molecule has 0 unspecified atom stereocenters. The Morgan fingerprint density at radius 2 is 1.54 bits per heavy atom. The highest BCUT2D eigenvalue weighted by molar-refractivity contribution is 7.89. The minimum absolute atomic E-state index is 0.0115. The summed E-state index contributed by atoms with van der Waals surface area (Å²) in [6.07, 6.45) is 4.61. The number of nitrogens with zero attached hydrogens (tertiary/aromatic N) is 2. The van der Waals surface area contributed by atoms with Crippen LogP contribution in [0.5, 0.6) is 0 Å². The molecular weight excluding hydrogens is 326 g/mol. The van der Waals surface area contributed by atoms with Crippen LogP contribution in [-0.2, 0) is 10.0 Å². The maximum absolute atomic E-state index is 12.7. The Kier molecular flexibility index (Phi) is 5.22. The summed E-state index contributed by atoms with van der Waals surface area (Å²) in [5.41, 5.74) is 6.39. The van der Waals surface area contributed by atoms with Crippen LogP contribution in [-0.4, -0.2) is 55.8 Å². The third-order valence-corrected chi connectivity index (χ3v) is 6.79. The van der Waals surface area contributed by atoms with Crippen molar-refractivity contribution in [2.24, 2.45) is 5.73 Å². The van der Waals surface area contributed by atoms with E-state index in [4.69, 9.17) is 5.73 Å². The van der Waals surface area contributed by atoms with Crippen molar-refractivity contribution in [3.63, 3.8) is 0 Å². The fraction of sp³-hybridized carbons (Fsp3) is 0.588. The molecular formula is C17H25N3O3S. The molecule has 1 aromatic carbocycles. The molecule has 3 rings (SSSR count). The van der Waals surface area contributed by atoms with E-state index in [9.17, 15) is 13.2 Å². The predicted molar refractivity (Wildman–Crippen MR) is 92.2 cm³/mol. The van der Waals surface area contributed by atoms with Gasteiger partial charge in [0.25, 0.3) is 5.91 Å². The second-order valence-electron chi connectivity index (χ2n) is 6.62. The lowest BCUT2D eigenvalue weighted by molar-refractivity contribution is 0.0724. The maximum Gasteiger partial charge on any atom is 0.253 e. The molecule has 2 N–H and O–H groups in total. The molecule has 1 aromatic rings. The first-order valence-corrected chi connectivity index (χ1v) is 10.1. The van der Waals surface area contributed by atoms with Crippen LogP contribution in [0.4, 0.5) is 0 Å². The number of benzene rings is 1. The molecule has 0 atom stereocenters. The molecule has 2 fully saturated rings. The van der Waals surface area contributed by atoms with E-state index in [0.717, 1.165) is 25.9 Å². The largest absolute Gasteiger partial charge is 0.339 e. The van der Waals surface area contributed by atoms with Crippen LogP contribution >= 0.6 is 0 Å². The first-order chi connectivity index (χ1) is 11.5. The highest BCUT2D eigenvalue weighted by Crippen LogP contribution is 2.21. The summed E-state index contributed by atoms with van der Waals surface area (Å²) in [6.45, 7) is 2.48. The van der Waals surface area contributed by atoms with Crippen molar-refractivity contribution >= 4 is 15.9 Å². The number of likely N-dealkylation sites (tertiary alicyclic amines) is 1. The number of carbonyl (C=O) groups excluding carboxylic acids is 1. The van der Waals surface area contributed by atoms with Crippen LogP contribution in [0.25, 0.3) is 0 Å². The Balaban J connectivity index is 1.72. The van der Waals surface area contributed by atoms with Crippen LogP contribution in [0, 0.1) is 0 Å². The third-order valence-electron chi connectivity index (χ3n) is 4.88. The number of amides is 1. The third kappa shape index (κ3) is 3.63. The van der Waals surface area contributed by atoms with Gasteiger partial charge in [-0.1, -0.05) is 0 Å². The lowest BCUT2D eigenvalue weighted by Crippen LogP contribution is -2.42. The summed E-state index contributed by atoms with van der Waals surface area (Å²) in [5.74, 6) is -0.0115. The molecule has 24 heavy (non-hydrogen) atoms. The number of piperidine rings is 2. The molecule has 7 heteroatoms. The standard InChI is InChI=1S/C17H25N3O3S/c18-15-8-12-20(13-9-15)24(22,23)16-6-4-14(5-7-16)17(21)19-10-2-1-3-11-19/h4-7,15H,1-3,8-13,18H2. The quantitative estimate of drug-likeness (QED) is 0.893. The van der Waals surface area contributed by atoms with Gasteiger partial charge < -0.3 is 10.6 Å².